The van der Waals surface area contributed by atoms with E-state index in [4.69, 9.17) is 11.6 Å². The molecular weight excluding hydrogens is 285 g/mol. The molecule has 112 valence electrons. The quantitative estimate of drug-likeness (QED) is 0.820. The minimum Gasteiger partial charge on any atom is -0.310 e. The maximum Gasteiger partial charge on any atom is 0.129 e. The van der Waals surface area contributed by atoms with Crippen LogP contribution in [0.1, 0.15) is 35.2 Å². The van der Waals surface area contributed by atoms with Gasteiger partial charge in [0.1, 0.15) is 5.82 Å². The van der Waals surface area contributed by atoms with Gasteiger partial charge in [-0.3, -0.25) is 0 Å². The number of aryl methyl sites for hydroxylation is 2. The van der Waals surface area contributed by atoms with Crippen molar-refractivity contribution in [2.24, 2.45) is 0 Å². The monoisotopic (exact) mass is 305 g/mol. The number of halogens is 2. The standard InChI is InChI=1S/C18H21ClFN/c1-4-21-18(16-8-7-15(19)11-17(16)20)10-14-6-5-12(2)13(3)9-14/h5-9,11,18,21H,4,10H2,1-3H3. The Morgan fingerprint density at radius 3 is 2.48 bits per heavy atom. The van der Waals surface area contributed by atoms with Crippen molar-refractivity contribution in [3.63, 3.8) is 0 Å². The third-order valence-electron chi connectivity index (χ3n) is 3.80. The summed E-state index contributed by atoms with van der Waals surface area (Å²) in [6.45, 7) is 7.02. The first-order chi connectivity index (χ1) is 10.0. The molecule has 3 heteroatoms. The Bertz CT molecular complexity index is 625. The minimum absolute atomic E-state index is 0.0469. The van der Waals surface area contributed by atoms with E-state index >= 15 is 0 Å². The van der Waals surface area contributed by atoms with Crippen molar-refractivity contribution in [3.05, 3.63) is 69.5 Å². The SMILES string of the molecule is CCNC(Cc1ccc(C)c(C)c1)c1ccc(Cl)cc1F. The van der Waals surface area contributed by atoms with E-state index in [1.165, 1.54) is 22.8 Å². The first kappa shape index (κ1) is 16.0. The van der Waals surface area contributed by atoms with Crippen LogP contribution in [0.4, 0.5) is 4.39 Å². The van der Waals surface area contributed by atoms with Crippen molar-refractivity contribution in [2.75, 3.05) is 6.54 Å². The Hall–Kier alpha value is -1.38. The molecule has 0 saturated heterocycles. The molecular formula is C18H21ClFN. The van der Waals surface area contributed by atoms with Crippen molar-refractivity contribution < 1.29 is 4.39 Å². The Balaban J connectivity index is 2.28. The van der Waals surface area contributed by atoms with E-state index in [2.05, 4.69) is 37.4 Å². The van der Waals surface area contributed by atoms with Gasteiger partial charge in [-0.2, -0.15) is 0 Å². The minimum atomic E-state index is -0.253. The van der Waals surface area contributed by atoms with Gasteiger partial charge in [-0.1, -0.05) is 42.8 Å². The topological polar surface area (TPSA) is 12.0 Å². The van der Waals surface area contributed by atoms with E-state index in [0.717, 1.165) is 13.0 Å². The van der Waals surface area contributed by atoms with Crippen molar-refractivity contribution in [1.29, 1.82) is 0 Å². The normalized spacial score (nSPS) is 12.4. The lowest BCUT2D eigenvalue weighted by atomic mass is 9.96. The van der Waals surface area contributed by atoms with Crippen LogP contribution in [0.15, 0.2) is 36.4 Å². The summed E-state index contributed by atoms with van der Waals surface area (Å²) in [6.07, 6.45) is 0.757. The van der Waals surface area contributed by atoms with E-state index in [1.54, 1.807) is 12.1 Å². The molecule has 1 atom stereocenters. The average molecular weight is 306 g/mol. The highest BCUT2D eigenvalue weighted by Gasteiger charge is 2.16. The summed E-state index contributed by atoms with van der Waals surface area (Å²) in [5.41, 5.74) is 4.41. The maximum absolute atomic E-state index is 14.1. The van der Waals surface area contributed by atoms with Crippen LogP contribution >= 0.6 is 11.6 Å². The first-order valence-corrected chi connectivity index (χ1v) is 7.63. The highest BCUT2D eigenvalue weighted by Crippen LogP contribution is 2.24. The summed E-state index contributed by atoms with van der Waals surface area (Å²) in [6, 6.07) is 11.2. The highest BCUT2D eigenvalue weighted by atomic mass is 35.5. The van der Waals surface area contributed by atoms with Crippen LogP contribution in [0.5, 0.6) is 0 Å². The molecule has 2 aromatic rings. The zero-order valence-electron chi connectivity index (χ0n) is 12.7. The summed E-state index contributed by atoms with van der Waals surface area (Å²) < 4.78 is 14.1. The van der Waals surface area contributed by atoms with Gasteiger partial charge in [-0.25, -0.2) is 4.39 Å². The van der Waals surface area contributed by atoms with Crippen LogP contribution in [0.2, 0.25) is 5.02 Å². The van der Waals surface area contributed by atoms with Gasteiger partial charge >= 0.3 is 0 Å². The maximum atomic E-state index is 14.1. The lowest BCUT2D eigenvalue weighted by molar-refractivity contribution is 0.510. The lowest BCUT2D eigenvalue weighted by Gasteiger charge is -2.20. The van der Waals surface area contributed by atoms with Gasteiger partial charge in [0.15, 0.2) is 0 Å². The summed E-state index contributed by atoms with van der Waals surface area (Å²) >= 11 is 5.84. The number of hydrogen-bond donors (Lipinski definition) is 1. The molecule has 0 aliphatic heterocycles. The fraction of sp³-hybridized carbons (Fsp3) is 0.333. The van der Waals surface area contributed by atoms with Gasteiger partial charge in [0.2, 0.25) is 0 Å². The molecule has 0 heterocycles. The number of rotatable bonds is 5. The van der Waals surface area contributed by atoms with Gasteiger partial charge in [0.05, 0.1) is 0 Å². The zero-order chi connectivity index (χ0) is 15.4. The molecule has 0 aliphatic carbocycles. The Morgan fingerprint density at radius 2 is 1.86 bits per heavy atom. The van der Waals surface area contributed by atoms with Gasteiger partial charge < -0.3 is 5.32 Å². The Morgan fingerprint density at radius 1 is 1.10 bits per heavy atom. The molecule has 0 saturated carbocycles. The van der Waals surface area contributed by atoms with E-state index in [1.807, 2.05) is 6.92 Å². The second-order valence-corrected chi connectivity index (χ2v) is 5.84. The molecule has 0 fully saturated rings. The number of nitrogens with one attached hydrogen (secondary N) is 1. The number of benzene rings is 2. The highest BCUT2D eigenvalue weighted by molar-refractivity contribution is 6.30. The van der Waals surface area contributed by atoms with Gasteiger partial charge in [-0.05, 0) is 55.6 Å². The van der Waals surface area contributed by atoms with Crippen LogP contribution in [-0.2, 0) is 6.42 Å². The summed E-state index contributed by atoms with van der Waals surface area (Å²) in [5.74, 6) is -0.253. The van der Waals surface area contributed by atoms with Crippen LogP contribution in [0.3, 0.4) is 0 Å². The van der Waals surface area contributed by atoms with Crippen LogP contribution in [-0.4, -0.2) is 6.54 Å². The third-order valence-corrected chi connectivity index (χ3v) is 4.03. The zero-order valence-corrected chi connectivity index (χ0v) is 13.5. The largest absolute Gasteiger partial charge is 0.310 e. The molecule has 21 heavy (non-hydrogen) atoms. The van der Waals surface area contributed by atoms with Gasteiger partial charge in [0.25, 0.3) is 0 Å². The molecule has 1 unspecified atom stereocenters. The smallest absolute Gasteiger partial charge is 0.129 e. The van der Waals surface area contributed by atoms with E-state index in [9.17, 15) is 4.39 Å². The predicted molar refractivity (Wildman–Crippen MR) is 87.4 cm³/mol. The van der Waals surface area contributed by atoms with Crippen molar-refractivity contribution in [2.45, 2.75) is 33.2 Å². The third kappa shape index (κ3) is 4.05. The number of likely N-dealkylation sites (N-methyl/N-ethyl adjacent to an activating group) is 1. The summed E-state index contributed by atoms with van der Waals surface area (Å²) in [4.78, 5) is 0. The van der Waals surface area contributed by atoms with Crippen molar-refractivity contribution in [3.8, 4) is 0 Å². The Labute approximate surface area is 131 Å². The fourth-order valence-electron chi connectivity index (χ4n) is 2.49. The molecule has 2 rings (SSSR count). The van der Waals surface area contributed by atoms with E-state index < -0.39 is 0 Å². The molecule has 0 aliphatic rings. The molecule has 0 amide bonds. The number of hydrogen-bond acceptors (Lipinski definition) is 1. The van der Waals surface area contributed by atoms with Gasteiger partial charge in [-0.15, -0.1) is 0 Å². The molecule has 1 N–H and O–H groups in total. The molecule has 0 aromatic heterocycles. The Kier molecular flexibility index (Phi) is 5.38. The second kappa shape index (κ2) is 7.06. The van der Waals surface area contributed by atoms with Crippen molar-refractivity contribution >= 4 is 11.6 Å². The van der Waals surface area contributed by atoms with E-state index in [-0.39, 0.29) is 11.9 Å². The molecule has 0 spiro atoms. The van der Waals surface area contributed by atoms with E-state index in [0.29, 0.717) is 10.6 Å². The predicted octanol–water partition coefficient (Wildman–Crippen LogP) is 4.99. The van der Waals surface area contributed by atoms with Crippen LogP contribution in [0, 0.1) is 19.7 Å². The van der Waals surface area contributed by atoms with Crippen LogP contribution in [0.25, 0.3) is 0 Å². The first-order valence-electron chi connectivity index (χ1n) is 7.25. The molecule has 1 nitrogen and oxygen atoms in total. The summed E-state index contributed by atoms with van der Waals surface area (Å²) in [5, 5.41) is 3.79. The molecule has 0 bridgehead atoms. The second-order valence-electron chi connectivity index (χ2n) is 5.40. The fourth-order valence-corrected chi connectivity index (χ4v) is 2.65. The van der Waals surface area contributed by atoms with Gasteiger partial charge in [0, 0.05) is 16.6 Å². The van der Waals surface area contributed by atoms with Crippen LogP contribution < -0.4 is 5.32 Å². The average Bonchev–Trinajstić information content (AvgIpc) is 2.42. The lowest BCUT2D eigenvalue weighted by Crippen LogP contribution is -2.24. The molecule has 0 radical (unpaired) electrons. The molecule has 2 aromatic carbocycles. The van der Waals surface area contributed by atoms with Crippen molar-refractivity contribution in [1.82, 2.24) is 5.32 Å². The summed E-state index contributed by atoms with van der Waals surface area (Å²) in [7, 11) is 0.